The zero-order valence-corrected chi connectivity index (χ0v) is 51.9. The largest absolute Gasteiger partial charge is 0.497 e. The van der Waals surface area contributed by atoms with Crippen LogP contribution >= 0.6 is 0 Å². The molecule has 496 valence electrons. The quantitative estimate of drug-likeness (QED) is 0.0158. The number of ether oxygens (including phenoxy) is 12. The Balaban J connectivity index is 0.689. The van der Waals surface area contributed by atoms with Gasteiger partial charge in [-0.15, -0.1) is 0 Å². The number of halogens is 4. The summed E-state index contributed by atoms with van der Waals surface area (Å²) in [6, 6.07) is 20.2. The number of fused-ring (bicyclic) bond motifs is 1. The summed E-state index contributed by atoms with van der Waals surface area (Å²) in [6.07, 6.45) is 3.29. The Bertz CT molecular complexity index is 3010. The van der Waals surface area contributed by atoms with Crippen molar-refractivity contribution >= 4 is 45.4 Å². The van der Waals surface area contributed by atoms with Crippen LogP contribution in [-0.4, -0.2) is 213 Å². The summed E-state index contributed by atoms with van der Waals surface area (Å²) in [4.78, 5) is 44.9. The molecule has 0 bridgehead atoms. The third kappa shape index (κ3) is 25.3. The number of methoxy groups -OCH3 is 1. The first-order valence-electron chi connectivity index (χ1n) is 29.9. The molecule has 0 aromatic heterocycles. The van der Waals surface area contributed by atoms with E-state index in [-0.39, 0.29) is 87.7 Å². The van der Waals surface area contributed by atoms with Crippen molar-refractivity contribution in [3.8, 4) is 22.6 Å². The summed E-state index contributed by atoms with van der Waals surface area (Å²) >= 11 is 0. The smallest absolute Gasteiger partial charge is 0.313 e. The van der Waals surface area contributed by atoms with E-state index in [4.69, 9.17) is 57.8 Å². The molecule has 4 aromatic rings. The van der Waals surface area contributed by atoms with E-state index in [9.17, 15) is 40.4 Å². The molecule has 0 radical (unpaired) electrons. The Morgan fingerprint density at radius 2 is 1.13 bits per heavy atom. The molecule has 0 saturated carbocycles. The molecule has 6 rings (SSSR count). The molecule has 0 unspecified atom stereocenters. The first-order chi connectivity index (χ1) is 43.7. The summed E-state index contributed by atoms with van der Waals surface area (Å²) in [7, 11) is -2.18. The molecule has 2 aliphatic rings. The van der Waals surface area contributed by atoms with Gasteiger partial charge in [0.15, 0.2) is 11.6 Å². The minimum atomic E-state index is -3.80. The lowest BCUT2D eigenvalue weighted by Crippen LogP contribution is -2.53. The second-order valence-electron chi connectivity index (χ2n) is 20.5. The van der Waals surface area contributed by atoms with Crippen molar-refractivity contribution in [2.75, 3.05) is 172 Å². The Kier molecular flexibility index (Phi) is 32.6. The van der Waals surface area contributed by atoms with Crippen molar-refractivity contribution in [2.45, 2.75) is 43.9 Å². The SMILES string of the molecule is CCCN(CCc1ccc(OC)cc1)C(=O)C1=Cc2ccc(-c3cccc(S(=O)(=O)N4CC(CNC(=O)CCOCCOCCOCCOCCOCCOCCOCCOCCOCCOCCC(=O)Oc5c(F)c(F)cc(F)c5F)C4)c3)cc2N=C(N)C1. The van der Waals surface area contributed by atoms with Gasteiger partial charge in [-0.25, -0.2) is 22.2 Å². The molecular weight excluding hydrogens is 1210 g/mol. The van der Waals surface area contributed by atoms with Gasteiger partial charge in [0.25, 0.3) is 0 Å². The van der Waals surface area contributed by atoms with Crippen molar-refractivity contribution < 1.29 is 97.2 Å². The van der Waals surface area contributed by atoms with E-state index in [1.165, 1.54) is 4.31 Å². The second-order valence-corrected chi connectivity index (χ2v) is 22.5. The molecule has 2 aliphatic heterocycles. The number of amidine groups is 1. The van der Waals surface area contributed by atoms with Gasteiger partial charge in [0.2, 0.25) is 39.2 Å². The van der Waals surface area contributed by atoms with E-state index in [0.717, 1.165) is 28.9 Å². The average Bonchev–Trinajstić information content (AvgIpc) is 1.06. The van der Waals surface area contributed by atoms with Crippen LogP contribution < -0.4 is 20.5 Å². The summed E-state index contributed by atoms with van der Waals surface area (Å²) in [5.41, 5.74) is 10.8. The highest BCUT2D eigenvalue weighted by Crippen LogP contribution is 2.34. The van der Waals surface area contributed by atoms with Gasteiger partial charge in [-0.05, 0) is 65.9 Å². The predicted molar refractivity (Wildman–Crippen MR) is 324 cm³/mol. The number of hydrogen-bond donors (Lipinski definition) is 2. The molecule has 4 aromatic carbocycles. The molecule has 2 heterocycles. The number of sulfonamides is 1. The van der Waals surface area contributed by atoms with E-state index in [2.05, 4.69) is 15.0 Å². The Labute approximate surface area is 523 Å². The van der Waals surface area contributed by atoms with Gasteiger partial charge in [-0.3, -0.25) is 14.4 Å². The highest BCUT2D eigenvalue weighted by atomic mass is 32.2. The van der Waals surface area contributed by atoms with Gasteiger partial charge >= 0.3 is 5.97 Å². The third-order valence-corrected chi connectivity index (χ3v) is 15.6. The first-order valence-corrected chi connectivity index (χ1v) is 31.4. The lowest BCUT2D eigenvalue weighted by atomic mass is 10.0. The minimum Gasteiger partial charge on any atom is -0.497 e. The molecule has 1 fully saturated rings. The zero-order chi connectivity index (χ0) is 64.4. The molecule has 0 atom stereocenters. The van der Waals surface area contributed by atoms with Crippen LogP contribution in [0, 0.1) is 29.2 Å². The van der Waals surface area contributed by atoms with E-state index >= 15 is 0 Å². The van der Waals surface area contributed by atoms with Crippen molar-refractivity contribution in [1.82, 2.24) is 14.5 Å². The van der Waals surface area contributed by atoms with Crippen LogP contribution in [0.25, 0.3) is 17.2 Å². The number of aliphatic imine (C=N–C) groups is 1. The van der Waals surface area contributed by atoms with Gasteiger partial charge in [0, 0.05) is 68.7 Å². The molecule has 2 amide bonds. The van der Waals surface area contributed by atoms with Crippen molar-refractivity contribution in [3.05, 3.63) is 113 Å². The molecule has 1 saturated heterocycles. The van der Waals surface area contributed by atoms with E-state index in [0.29, 0.717) is 148 Å². The number of carbonyl (C=O) groups is 3. The fourth-order valence-electron chi connectivity index (χ4n) is 8.94. The van der Waals surface area contributed by atoms with Gasteiger partial charge in [0.05, 0.1) is 156 Å². The van der Waals surface area contributed by atoms with Crippen molar-refractivity contribution in [3.63, 3.8) is 0 Å². The number of benzene rings is 4. The Hall–Kier alpha value is -6.47. The third-order valence-electron chi connectivity index (χ3n) is 13.8. The number of nitrogens with one attached hydrogen (secondary N) is 1. The van der Waals surface area contributed by atoms with Gasteiger partial charge in [-0.1, -0.05) is 43.3 Å². The summed E-state index contributed by atoms with van der Waals surface area (Å²) in [5.74, 6) is -8.77. The van der Waals surface area contributed by atoms with Crippen LogP contribution in [0.5, 0.6) is 11.5 Å². The van der Waals surface area contributed by atoms with E-state index < -0.39 is 51.4 Å². The number of hydrogen-bond acceptors (Lipinski definition) is 19. The second kappa shape index (κ2) is 40.4. The van der Waals surface area contributed by atoms with Crippen LogP contribution in [0.2, 0.25) is 0 Å². The fourth-order valence-corrected chi connectivity index (χ4v) is 10.6. The number of amides is 2. The van der Waals surface area contributed by atoms with Crippen LogP contribution in [0.15, 0.2) is 88.3 Å². The molecular formula is C63H83F4N5O17S. The van der Waals surface area contributed by atoms with Gasteiger partial charge < -0.3 is 72.8 Å². The molecule has 27 heteroatoms. The topological polar surface area (TPSA) is 253 Å². The number of nitrogens with two attached hydrogens (primary N) is 1. The van der Waals surface area contributed by atoms with Crippen molar-refractivity contribution in [1.29, 1.82) is 0 Å². The average molecular weight is 1290 g/mol. The molecule has 90 heavy (non-hydrogen) atoms. The Morgan fingerprint density at radius 3 is 1.64 bits per heavy atom. The van der Waals surface area contributed by atoms with Crippen molar-refractivity contribution in [2.24, 2.45) is 16.6 Å². The highest BCUT2D eigenvalue weighted by molar-refractivity contribution is 7.89. The van der Waals surface area contributed by atoms with Crippen LogP contribution in [-0.2, 0) is 78.2 Å². The molecule has 0 spiro atoms. The standard InChI is InChI=1S/C63H83F4N5O17S/c1-3-16-71(17-13-46-7-11-52(78-2)12-8-46)63(75)51-38-50-10-9-49(40-56(50)70-57(68)41-51)48-5-4-6-53(39-48)90(76,77)72-44-47(45-72)43-69-58(73)14-18-79-20-22-81-24-26-83-28-30-85-32-34-87-36-37-88-35-33-86-31-29-84-27-25-82-23-21-80-19-15-59(74)89-62-60(66)54(64)42-55(65)61(62)67/h4-12,38-40,42,47H,3,13-37,41,43-45H2,1-2H3,(H2,68,70)(H,69,73). The lowest BCUT2D eigenvalue weighted by Gasteiger charge is -2.38. The summed E-state index contributed by atoms with van der Waals surface area (Å²) in [5, 5.41) is 2.88. The number of rotatable bonds is 46. The monoisotopic (exact) mass is 1290 g/mol. The van der Waals surface area contributed by atoms with Gasteiger partial charge in [-0.2, -0.15) is 13.1 Å². The van der Waals surface area contributed by atoms with Crippen LogP contribution in [0.4, 0.5) is 23.2 Å². The summed E-state index contributed by atoms with van der Waals surface area (Å²) in [6.45, 7) is 10.3. The maximum Gasteiger partial charge on any atom is 0.313 e. The molecule has 22 nitrogen and oxygen atoms in total. The number of nitrogens with zero attached hydrogens (tertiary/aromatic N) is 3. The number of carbonyl (C=O) groups excluding carboxylic acids is 3. The predicted octanol–water partition coefficient (Wildman–Crippen LogP) is 6.46. The maximum atomic E-state index is 13.9. The number of esters is 1. The minimum absolute atomic E-state index is 0.0120. The zero-order valence-electron chi connectivity index (χ0n) is 51.1. The normalized spacial score (nSPS) is 13.5. The first kappa shape index (κ1) is 72.6. The van der Waals surface area contributed by atoms with E-state index in [1.54, 1.807) is 25.3 Å². The lowest BCUT2D eigenvalue weighted by molar-refractivity contribution is -0.136. The molecule has 0 aliphatic carbocycles. The maximum absolute atomic E-state index is 13.9. The Morgan fingerprint density at radius 1 is 0.633 bits per heavy atom. The van der Waals surface area contributed by atoms with Crippen LogP contribution in [0.3, 0.4) is 0 Å². The van der Waals surface area contributed by atoms with E-state index in [1.807, 2.05) is 66.4 Å². The highest BCUT2D eigenvalue weighted by Gasteiger charge is 2.37. The van der Waals surface area contributed by atoms with Gasteiger partial charge in [0.1, 0.15) is 11.6 Å². The summed E-state index contributed by atoms with van der Waals surface area (Å²) < 4.78 is 147. The fraction of sp³-hybridized carbons (Fsp3) is 0.524. The molecule has 3 N–H and O–H groups in total. The van der Waals surface area contributed by atoms with Crippen LogP contribution in [0.1, 0.15) is 43.7 Å².